The van der Waals surface area contributed by atoms with Crippen LogP contribution in [0.2, 0.25) is 0 Å². The predicted octanol–water partition coefficient (Wildman–Crippen LogP) is 3.32. The molecule has 2 aromatic carbocycles. The highest BCUT2D eigenvalue weighted by Gasteiger charge is 2.30. The first kappa shape index (κ1) is 23.4. The highest BCUT2D eigenvalue weighted by atomic mass is 32.2. The number of sulfonamides is 1. The number of aryl methyl sites for hydroxylation is 1. The standard InChI is InChI=1S/C22H29N3O4S/c1-15-10-9-11-17(14-15)25(30(6,28)29)16(2)20(26)23-19-13-8-7-12-18(19)21(27)24-22(3,4)5/h7-14,16H,1-6H3,(H,23,26)(H,24,27)/t16-/m1/s1. The van der Waals surface area contributed by atoms with Crippen LogP contribution in [0, 0.1) is 6.92 Å². The maximum atomic E-state index is 13.0. The fourth-order valence-electron chi connectivity index (χ4n) is 3.01. The first-order valence-corrected chi connectivity index (χ1v) is 11.4. The van der Waals surface area contributed by atoms with Gasteiger partial charge in [0.1, 0.15) is 6.04 Å². The zero-order chi connectivity index (χ0) is 22.7. The molecule has 0 aromatic heterocycles. The molecule has 2 amide bonds. The van der Waals surface area contributed by atoms with Crippen LogP contribution in [0.4, 0.5) is 11.4 Å². The van der Waals surface area contributed by atoms with Crippen molar-refractivity contribution >= 4 is 33.2 Å². The Kier molecular flexibility index (Phi) is 6.92. The van der Waals surface area contributed by atoms with Crippen molar-refractivity contribution in [1.82, 2.24) is 5.32 Å². The van der Waals surface area contributed by atoms with Gasteiger partial charge in [0.2, 0.25) is 15.9 Å². The van der Waals surface area contributed by atoms with Gasteiger partial charge >= 0.3 is 0 Å². The summed E-state index contributed by atoms with van der Waals surface area (Å²) in [4.78, 5) is 25.6. The molecule has 0 aliphatic rings. The molecule has 30 heavy (non-hydrogen) atoms. The van der Waals surface area contributed by atoms with Crippen molar-refractivity contribution in [3.63, 3.8) is 0 Å². The molecule has 0 heterocycles. The van der Waals surface area contributed by atoms with Gasteiger partial charge in [-0.3, -0.25) is 13.9 Å². The van der Waals surface area contributed by atoms with E-state index in [1.807, 2.05) is 33.8 Å². The Morgan fingerprint density at radius 2 is 1.67 bits per heavy atom. The summed E-state index contributed by atoms with van der Waals surface area (Å²) in [5.74, 6) is -0.873. The third-order valence-corrected chi connectivity index (χ3v) is 5.50. The highest BCUT2D eigenvalue weighted by Crippen LogP contribution is 2.23. The van der Waals surface area contributed by atoms with Gasteiger partial charge in [-0.25, -0.2) is 8.42 Å². The van der Waals surface area contributed by atoms with E-state index in [1.54, 1.807) is 42.5 Å². The Hall–Kier alpha value is -2.87. The molecular weight excluding hydrogens is 402 g/mol. The van der Waals surface area contributed by atoms with Gasteiger partial charge in [0.25, 0.3) is 5.91 Å². The minimum Gasteiger partial charge on any atom is -0.347 e. The van der Waals surface area contributed by atoms with E-state index < -0.39 is 27.5 Å². The molecule has 2 rings (SSSR count). The summed E-state index contributed by atoms with van der Waals surface area (Å²) in [6.07, 6.45) is 1.06. The molecule has 2 aromatic rings. The minimum absolute atomic E-state index is 0.300. The van der Waals surface area contributed by atoms with E-state index in [0.717, 1.165) is 16.1 Å². The van der Waals surface area contributed by atoms with Crippen molar-refractivity contribution in [2.45, 2.75) is 46.2 Å². The first-order chi connectivity index (χ1) is 13.8. The molecule has 8 heteroatoms. The van der Waals surface area contributed by atoms with Gasteiger partial charge in [0.15, 0.2) is 0 Å². The van der Waals surface area contributed by atoms with Crippen LogP contribution in [0.15, 0.2) is 48.5 Å². The monoisotopic (exact) mass is 431 g/mol. The van der Waals surface area contributed by atoms with E-state index in [2.05, 4.69) is 10.6 Å². The van der Waals surface area contributed by atoms with Gasteiger partial charge in [0, 0.05) is 5.54 Å². The number of nitrogens with one attached hydrogen (secondary N) is 2. The van der Waals surface area contributed by atoms with Gasteiger partial charge in [-0.2, -0.15) is 0 Å². The molecule has 0 spiro atoms. The lowest BCUT2D eigenvalue weighted by Crippen LogP contribution is -2.45. The Bertz CT molecular complexity index is 1040. The third kappa shape index (κ3) is 6.06. The average molecular weight is 432 g/mol. The molecule has 0 saturated carbocycles. The lowest BCUT2D eigenvalue weighted by molar-refractivity contribution is -0.116. The summed E-state index contributed by atoms with van der Waals surface area (Å²) >= 11 is 0. The molecule has 0 radical (unpaired) electrons. The zero-order valence-electron chi connectivity index (χ0n) is 18.2. The molecule has 0 aliphatic carbocycles. The second-order valence-electron chi connectivity index (χ2n) is 8.31. The van der Waals surface area contributed by atoms with Gasteiger partial charge in [0.05, 0.1) is 23.2 Å². The maximum Gasteiger partial charge on any atom is 0.253 e. The van der Waals surface area contributed by atoms with Gasteiger partial charge < -0.3 is 10.6 Å². The van der Waals surface area contributed by atoms with Crippen LogP contribution in [0.5, 0.6) is 0 Å². The summed E-state index contributed by atoms with van der Waals surface area (Å²) in [7, 11) is -3.73. The van der Waals surface area contributed by atoms with E-state index in [4.69, 9.17) is 0 Å². The Morgan fingerprint density at radius 3 is 2.23 bits per heavy atom. The van der Waals surface area contributed by atoms with Crippen LogP contribution >= 0.6 is 0 Å². The number of nitrogens with zero attached hydrogens (tertiary/aromatic N) is 1. The summed E-state index contributed by atoms with van der Waals surface area (Å²) in [5.41, 5.74) is 1.44. The second kappa shape index (κ2) is 8.87. The number of benzene rings is 2. The second-order valence-corrected chi connectivity index (χ2v) is 10.2. The highest BCUT2D eigenvalue weighted by molar-refractivity contribution is 7.92. The van der Waals surface area contributed by atoms with Crippen molar-refractivity contribution < 1.29 is 18.0 Å². The number of amides is 2. The van der Waals surface area contributed by atoms with E-state index in [-0.39, 0.29) is 5.91 Å². The molecule has 0 saturated heterocycles. The summed E-state index contributed by atoms with van der Waals surface area (Å²) in [6, 6.07) is 12.5. The maximum absolute atomic E-state index is 13.0. The largest absolute Gasteiger partial charge is 0.347 e. The minimum atomic E-state index is -3.73. The van der Waals surface area contributed by atoms with Crippen LogP contribution in [-0.4, -0.2) is 38.1 Å². The SMILES string of the molecule is Cc1cccc(N([C@H](C)C(=O)Nc2ccccc2C(=O)NC(C)(C)C)S(C)(=O)=O)c1. The van der Waals surface area contributed by atoms with E-state index in [0.29, 0.717) is 16.9 Å². The first-order valence-electron chi connectivity index (χ1n) is 9.58. The molecule has 7 nitrogen and oxygen atoms in total. The van der Waals surface area contributed by atoms with Gasteiger partial charge in [-0.05, 0) is 64.4 Å². The number of hydrogen-bond donors (Lipinski definition) is 2. The summed E-state index contributed by atoms with van der Waals surface area (Å²) in [6.45, 7) is 8.94. The lowest BCUT2D eigenvalue weighted by Gasteiger charge is -2.29. The summed E-state index contributed by atoms with van der Waals surface area (Å²) in [5, 5.41) is 5.57. The fraction of sp³-hybridized carbons (Fsp3) is 0.364. The quantitative estimate of drug-likeness (QED) is 0.733. The topological polar surface area (TPSA) is 95.6 Å². The molecule has 0 fully saturated rings. The number of rotatable bonds is 6. The van der Waals surface area contributed by atoms with Gasteiger partial charge in [-0.1, -0.05) is 24.3 Å². The smallest absolute Gasteiger partial charge is 0.253 e. The molecule has 2 N–H and O–H groups in total. The number of anilines is 2. The Labute approximate surface area is 178 Å². The molecule has 0 bridgehead atoms. The molecule has 0 aliphatic heterocycles. The average Bonchev–Trinajstić information content (AvgIpc) is 2.59. The Morgan fingerprint density at radius 1 is 1.03 bits per heavy atom. The number of carbonyl (C=O) groups excluding carboxylic acids is 2. The predicted molar refractivity (Wildman–Crippen MR) is 120 cm³/mol. The molecule has 162 valence electrons. The Balaban J connectivity index is 2.34. The molecule has 1 atom stereocenters. The zero-order valence-corrected chi connectivity index (χ0v) is 19.0. The van der Waals surface area contributed by atoms with E-state index in [9.17, 15) is 18.0 Å². The third-order valence-electron chi connectivity index (χ3n) is 4.26. The summed E-state index contributed by atoms with van der Waals surface area (Å²) < 4.78 is 26.0. The van der Waals surface area contributed by atoms with Crippen molar-refractivity contribution in [2.24, 2.45) is 0 Å². The number of carbonyl (C=O) groups is 2. The van der Waals surface area contributed by atoms with Crippen molar-refractivity contribution in [3.8, 4) is 0 Å². The van der Waals surface area contributed by atoms with Crippen molar-refractivity contribution in [3.05, 3.63) is 59.7 Å². The van der Waals surface area contributed by atoms with Gasteiger partial charge in [-0.15, -0.1) is 0 Å². The van der Waals surface area contributed by atoms with Crippen LogP contribution in [0.3, 0.4) is 0 Å². The van der Waals surface area contributed by atoms with Crippen LogP contribution in [0.25, 0.3) is 0 Å². The number of para-hydroxylation sites is 1. The molecular formula is C22H29N3O4S. The lowest BCUT2D eigenvalue weighted by atomic mass is 10.1. The van der Waals surface area contributed by atoms with E-state index >= 15 is 0 Å². The molecule has 0 unspecified atom stereocenters. The van der Waals surface area contributed by atoms with Crippen LogP contribution in [0.1, 0.15) is 43.6 Å². The normalized spacial score (nSPS) is 12.7. The van der Waals surface area contributed by atoms with Crippen LogP contribution < -0.4 is 14.9 Å². The van der Waals surface area contributed by atoms with Crippen molar-refractivity contribution in [2.75, 3.05) is 15.9 Å². The van der Waals surface area contributed by atoms with Crippen LogP contribution in [-0.2, 0) is 14.8 Å². The van der Waals surface area contributed by atoms with E-state index in [1.165, 1.54) is 6.92 Å². The van der Waals surface area contributed by atoms with Crippen molar-refractivity contribution in [1.29, 1.82) is 0 Å². The fourth-order valence-corrected chi connectivity index (χ4v) is 4.18. The number of hydrogen-bond acceptors (Lipinski definition) is 4.